The van der Waals surface area contributed by atoms with Gasteiger partial charge < -0.3 is 4.55 Å². The van der Waals surface area contributed by atoms with Gasteiger partial charge in [0.2, 0.25) is 24.0 Å². The minimum atomic E-state index is -6.86. The van der Waals surface area contributed by atoms with Gasteiger partial charge in [-0.25, -0.2) is 8.42 Å². The molecule has 0 aliphatic rings. The number of alkyl halides is 6. The normalized spacial score (nSPS) is 14.7. The first-order chi connectivity index (χ1) is 5.75. The van der Waals surface area contributed by atoms with E-state index in [9.17, 15) is 39.3 Å². The van der Waals surface area contributed by atoms with Crippen molar-refractivity contribution in [3.8, 4) is 0 Å². The maximum Gasteiger partial charge on any atom is 0.402 e. The van der Waals surface area contributed by atoms with Gasteiger partial charge in [0.1, 0.15) is 0 Å². The number of rotatable bonds is 3. The Bertz CT molecular complexity index is 320. The highest BCUT2D eigenvalue weighted by molar-refractivity contribution is 7.86. The maximum absolute atomic E-state index is 12.1. The van der Waals surface area contributed by atoms with Crippen LogP contribution in [0.5, 0.6) is 0 Å². The molecule has 0 aromatic rings. The zero-order chi connectivity index (χ0) is 12.0. The Balaban J connectivity index is 0. The van der Waals surface area contributed by atoms with Gasteiger partial charge in [0, 0.05) is 6.92 Å². The molecule has 11 heteroatoms. The third-order valence-electron chi connectivity index (χ3n) is 1.23. The van der Waals surface area contributed by atoms with E-state index in [0.717, 1.165) is 0 Å². The number of hydrogen-bond donors (Lipinski definition) is 0. The van der Waals surface area contributed by atoms with Crippen LogP contribution in [-0.2, 0) is 10.1 Å². The molecule has 0 amide bonds. The van der Waals surface area contributed by atoms with E-state index in [4.69, 9.17) is 0 Å². The quantitative estimate of drug-likeness (QED) is 0.323. The van der Waals surface area contributed by atoms with Crippen molar-refractivity contribution in [1.29, 1.82) is 0 Å². The largest absolute Gasteiger partial charge is 0.743 e. The van der Waals surface area contributed by atoms with Crippen molar-refractivity contribution in [2.75, 3.05) is 0 Å². The summed E-state index contributed by atoms with van der Waals surface area (Å²) in [6, 6.07) is 0. The molecule has 0 spiro atoms. The Morgan fingerprint density at radius 2 is 1.27 bits per heavy atom. The second kappa shape index (κ2) is 4.24. The highest BCUT2D eigenvalue weighted by Crippen LogP contribution is 2.47. The third kappa shape index (κ3) is 2.87. The Hall–Kier alpha value is 0.220. The molecule has 0 aliphatic carbocycles. The van der Waals surface area contributed by atoms with E-state index in [2.05, 4.69) is 0 Å². The van der Waals surface area contributed by atoms with E-state index in [-0.39, 0.29) is 24.0 Å². The summed E-state index contributed by atoms with van der Waals surface area (Å²) in [4.78, 5) is 0. The second-order valence-electron chi connectivity index (χ2n) is 2.43. The van der Waals surface area contributed by atoms with Crippen LogP contribution < -0.4 is 24.0 Å². The summed E-state index contributed by atoms with van der Waals surface area (Å²) >= 11 is 0. The molecule has 94 valence electrons. The van der Waals surface area contributed by atoms with E-state index < -0.39 is 34.1 Å². The highest BCUT2D eigenvalue weighted by atomic mass is 127. The van der Waals surface area contributed by atoms with Crippen LogP contribution in [0, 0.1) is 0 Å². The van der Waals surface area contributed by atoms with Gasteiger partial charge in [-0.1, -0.05) is 0 Å². The molecule has 0 unspecified atom stereocenters. The summed E-state index contributed by atoms with van der Waals surface area (Å²) < 4.78 is 101. The van der Waals surface area contributed by atoms with Crippen molar-refractivity contribution in [2.24, 2.45) is 0 Å². The van der Waals surface area contributed by atoms with Gasteiger partial charge in [0.15, 0.2) is 10.1 Å². The van der Waals surface area contributed by atoms with Crippen molar-refractivity contribution in [3.63, 3.8) is 0 Å². The minimum Gasteiger partial charge on any atom is -0.743 e. The van der Waals surface area contributed by atoms with Gasteiger partial charge in [-0.05, 0) is 0 Å². The monoisotopic (exact) mass is 374 g/mol. The summed E-state index contributed by atoms with van der Waals surface area (Å²) in [6.45, 7) is -0.619. The van der Waals surface area contributed by atoms with Crippen LogP contribution in [0.2, 0.25) is 0 Å². The van der Waals surface area contributed by atoms with Gasteiger partial charge in [0.05, 0.1) is 0 Å². The zero-order valence-electron chi connectivity index (χ0n) is 6.85. The van der Waals surface area contributed by atoms with Crippen LogP contribution in [0.1, 0.15) is 6.92 Å². The van der Waals surface area contributed by atoms with Crippen LogP contribution in [0.4, 0.5) is 26.3 Å². The van der Waals surface area contributed by atoms with Crippen LogP contribution in [0.3, 0.4) is 0 Å². The predicted molar refractivity (Wildman–Crippen MR) is 33.0 cm³/mol. The molecule has 0 aliphatic heterocycles. The lowest BCUT2D eigenvalue weighted by Gasteiger charge is -2.31. The summed E-state index contributed by atoms with van der Waals surface area (Å²) in [5.74, 6) is -11.6. The fraction of sp³-hybridized carbons (Fsp3) is 1.00. The molecule has 15 heavy (non-hydrogen) atoms. The lowest BCUT2D eigenvalue weighted by molar-refractivity contribution is -0.273. The summed E-state index contributed by atoms with van der Waals surface area (Å²) in [5, 5.41) is -6.35. The van der Waals surface area contributed by atoms with E-state index in [0.29, 0.717) is 0 Å². The molecule has 0 saturated carbocycles. The fourth-order valence-electron chi connectivity index (χ4n) is 0.413. The first-order valence-electron chi connectivity index (χ1n) is 2.84. The van der Waals surface area contributed by atoms with E-state index in [1.165, 1.54) is 0 Å². The molecule has 0 bridgehead atoms. The number of halogens is 7. The smallest absolute Gasteiger partial charge is 0.402 e. The molecule has 0 rings (SSSR count). The SMILES string of the molecule is CC(F)(F)C(F)(F)C(F)(F)S(=O)(=O)[O-].[IH2+]. The van der Waals surface area contributed by atoms with Crippen molar-refractivity contribution >= 4 is 10.1 Å². The van der Waals surface area contributed by atoms with Gasteiger partial charge in [-0.2, -0.15) is 26.3 Å². The Morgan fingerprint density at radius 1 is 1.00 bits per heavy atom. The molecule has 0 aromatic carbocycles. The Labute approximate surface area is 97.6 Å². The third-order valence-corrected chi connectivity index (χ3v) is 2.12. The van der Waals surface area contributed by atoms with Crippen LogP contribution >= 0.6 is 0 Å². The molecule has 0 radical (unpaired) electrons. The summed E-state index contributed by atoms with van der Waals surface area (Å²) in [7, 11) is -6.86. The Morgan fingerprint density at radius 3 is 1.33 bits per heavy atom. The molecule has 0 fully saturated rings. The van der Waals surface area contributed by atoms with E-state index in [1.807, 2.05) is 0 Å². The lowest BCUT2D eigenvalue weighted by Crippen LogP contribution is -3.00. The zero-order valence-corrected chi connectivity index (χ0v) is 10.2. The molecular formula is C4H5F6IO3S. The second-order valence-corrected chi connectivity index (χ2v) is 3.85. The topological polar surface area (TPSA) is 57.2 Å². The van der Waals surface area contributed by atoms with Crippen LogP contribution in [-0.4, -0.2) is 30.1 Å². The molecule has 3 nitrogen and oxygen atoms in total. The minimum absolute atomic E-state index is 0. The van der Waals surface area contributed by atoms with Crippen LogP contribution in [0.15, 0.2) is 0 Å². The number of hydrogen-bond acceptors (Lipinski definition) is 3. The molecule has 0 aromatic heterocycles. The molecular weight excluding hydrogens is 369 g/mol. The summed E-state index contributed by atoms with van der Waals surface area (Å²) in [6.07, 6.45) is 0. The average molecular weight is 374 g/mol. The maximum atomic E-state index is 12.1. The standard InChI is InChI=1S/C4H4F6O3S.H2I/c1-2(5,6)3(7,8)4(9,10)14(11,12)13;/h1H3,(H,11,12,13);1H2/q;+1/p-1. The van der Waals surface area contributed by atoms with Gasteiger partial charge in [0.25, 0.3) is 0 Å². The molecule has 0 saturated heterocycles. The molecule has 0 heterocycles. The fourth-order valence-corrected chi connectivity index (χ4v) is 0.906. The van der Waals surface area contributed by atoms with Gasteiger partial charge in [-0.15, -0.1) is 0 Å². The van der Waals surface area contributed by atoms with E-state index in [1.54, 1.807) is 0 Å². The molecule has 0 N–H and O–H groups in total. The van der Waals surface area contributed by atoms with Gasteiger partial charge >= 0.3 is 17.1 Å². The first kappa shape index (κ1) is 17.6. The van der Waals surface area contributed by atoms with Gasteiger partial charge in [-0.3, -0.25) is 0 Å². The average Bonchev–Trinajstić information content (AvgIpc) is 1.81. The van der Waals surface area contributed by atoms with Crippen molar-refractivity contribution < 1.29 is 63.3 Å². The van der Waals surface area contributed by atoms with Crippen LogP contribution in [0.25, 0.3) is 0 Å². The first-order valence-corrected chi connectivity index (χ1v) is 4.25. The van der Waals surface area contributed by atoms with Crippen molar-refractivity contribution in [1.82, 2.24) is 0 Å². The Kier molecular flexibility index (Phi) is 4.97. The predicted octanol–water partition coefficient (Wildman–Crippen LogP) is -2.12. The van der Waals surface area contributed by atoms with Crippen molar-refractivity contribution in [2.45, 2.75) is 24.0 Å². The van der Waals surface area contributed by atoms with Crippen molar-refractivity contribution in [3.05, 3.63) is 0 Å². The summed E-state index contributed by atoms with van der Waals surface area (Å²) in [5.41, 5.74) is 0. The van der Waals surface area contributed by atoms with E-state index >= 15 is 0 Å². The highest BCUT2D eigenvalue weighted by Gasteiger charge is 2.72. The lowest BCUT2D eigenvalue weighted by atomic mass is 10.2. The molecule has 0 atom stereocenters.